The van der Waals surface area contributed by atoms with Crippen molar-refractivity contribution in [3.05, 3.63) is 108 Å². The number of nitrogens with two attached hydrogens (primary N) is 1. The third-order valence-electron chi connectivity index (χ3n) is 5.92. The van der Waals surface area contributed by atoms with Crippen molar-refractivity contribution < 1.29 is 4.79 Å². The zero-order valence-electron chi connectivity index (χ0n) is 17.8. The number of benzene rings is 3. The van der Waals surface area contributed by atoms with Gasteiger partial charge < -0.3 is 5.73 Å². The molecule has 1 unspecified atom stereocenters. The van der Waals surface area contributed by atoms with Gasteiger partial charge in [0.05, 0.1) is 6.04 Å². The van der Waals surface area contributed by atoms with E-state index in [4.69, 9.17) is 5.73 Å². The van der Waals surface area contributed by atoms with Crippen molar-refractivity contribution >= 4 is 18.3 Å². The zero-order chi connectivity index (χ0) is 21.0. The maximum absolute atomic E-state index is 12.5. The highest BCUT2D eigenvalue weighted by Gasteiger charge is 2.51. The van der Waals surface area contributed by atoms with Gasteiger partial charge >= 0.3 is 0 Å². The first kappa shape index (κ1) is 23.0. The van der Waals surface area contributed by atoms with Crippen LogP contribution in [0.4, 0.5) is 0 Å². The Morgan fingerprint density at radius 1 is 0.903 bits per heavy atom. The second-order valence-corrected chi connectivity index (χ2v) is 8.31. The smallest absolute Gasteiger partial charge is 0.240 e. The van der Waals surface area contributed by atoms with Crippen molar-refractivity contribution in [3.8, 4) is 0 Å². The lowest BCUT2D eigenvalue weighted by molar-refractivity contribution is -0.133. The molecule has 0 saturated carbocycles. The highest BCUT2D eigenvalue weighted by atomic mass is 35.5. The largest absolute Gasteiger partial charge is 0.368 e. The third-order valence-corrected chi connectivity index (χ3v) is 5.92. The van der Waals surface area contributed by atoms with Crippen LogP contribution in [0.1, 0.15) is 29.7 Å². The minimum absolute atomic E-state index is 0. The summed E-state index contributed by atoms with van der Waals surface area (Å²) in [5, 5.41) is 3.55. The number of hydrogen-bond acceptors (Lipinski definition) is 3. The van der Waals surface area contributed by atoms with Crippen LogP contribution in [-0.4, -0.2) is 35.5 Å². The Balaban J connectivity index is 0.00000272. The lowest BCUT2D eigenvalue weighted by Crippen LogP contribution is -2.76. The summed E-state index contributed by atoms with van der Waals surface area (Å²) in [5.74, 6) is -0.279. The van der Waals surface area contributed by atoms with Crippen molar-refractivity contribution in [3.63, 3.8) is 0 Å². The van der Waals surface area contributed by atoms with Gasteiger partial charge in [-0.15, -0.1) is 12.4 Å². The molecule has 0 aromatic heterocycles. The molecular weight excluding hydrogens is 406 g/mol. The van der Waals surface area contributed by atoms with E-state index in [1.165, 1.54) is 16.7 Å². The van der Waals surface area contributed by atoms with Crippen LogP contribution in [0.2, 0.25) is 0 Å². The summed E-state index contributed by atoms with van der Waals surface area (Å²) < 4.78 is 0. The summed E-state index contributed by atoms with van der Waals surface area (Å²) >= 11 is 0. The van der Waals surface area contributed by atoms with Gasteiger partial charge in [0, 0.05) is 19.1 Å². The van der Waals surface area contributed by atoms with E-state index in [0.717, 1.165) is 6.42 Å². The highest BCUT2D eigenvalue weighted by molar-refractivity contribution is 5.86. The van der Waals surface area contributed by atoms with Crippen molar-refractivity contribution in [1.82, 2.24) is 10.2 Å². The van der Waals surface area contributed by atoms with Crippen molar-refractivity contribution in [1.29, 1.82) is 0 Å². The van der Waals surface area contributed by atoms with Crippen LogP contribution in [0.5, 0.6) is 0 Å². The molecular formula is C26H30ClN3O. The van der Waals surface area contributed by atoms with Crippen LogP contribution in [0.15, 0.2) is 91.0 Å². The Morgan fingerprint density at radius 2 is 1.35 bits per heavy atom. The molecule has 1 saturated heterocycles. The Labute approximate surface area is 190 Å². The van der Waals surface area contributed by atoms with E-state index >= 15 is 0 Å². The molecule has 3 aromatic rings. The Hall–Kier alpha value is -2.66. The molecule has 1 aliphatic heterocycles. The number of rotatable bonds is 8. The Morgan fingerprint density at radius 3 is 1.81 bits per heavy atom. The number of amides is 1. The first-order valence-corrected chi connectivity index (χ1v) is 10.5. The SMILES string of the molecule is CC(Cc1ccccc1)NC1(C(N)=O)CN(C(c2ccccc2)c2ccccc2)C1.Cl. The van der Waals surface area contributed by atoms with Crippen LogP contribution in [-0.2, 0) is 11.2 Å². The van der Waals surface area contributed by atoms with E-state index in [-0.39, 0.29) is 30.4 Å². The first-order chi connectivity index (χ1) is 14.6. The normalized spacial score (nSPS) is 16.2. The molecule has 5 heteroatoms. The van der Waals surface area contributed by atoms with Gasteiger partial charge in [0.25, 0.3) is 0 Å². The number of halogens is 1. The number of carbonyl (C=O) groups is 1. The average molecular weight is 436 g/mol. The fourth-order valence-corrected chi connectivity index (χ4v) is 4.52. The molecule has 1 amide bonds. The highest BCUT2D eigenvalue weighted by Crippen LogP contribution is 2.36. The van der Waals surface area contributed by atoms with E-state index in [0.29, 0.717) is 13.1 Å². The molecule has 1 heterocycles. The maximum Gasteiger partial charge on any atom is 0.240 e. The molecule has 162 valence electrons. The van der Waals surface area contributed by atoms with Gasteiger partial charge in [0.2, 0.25) is 5.91 Å². The molecule has 0 spiro atoms. The monoisotopic (exact) mass is 435 g/mol. The lowest BCUT2D eigenvalue weighted by Gasteiger charge is -2.53. The van der Waals surface area contributed by atoms with Crippen LogP contribution in [0.3, 0.4) is 0 Å². The predicted molar refractivity (Wildman–Crippen MR) is 128 cm³/mol. The van der Waals surface area contributed by atoms with Gasteiger partial charge in [-0.25, -0.2) is 0 Å². The van der Waals surface area contributed by atoms with Crippen LogP contribution in [0, 0.1) is 0 Å². The topological polar surface area (TPSA) is 58.4 Å². The number of carbonyl (C=O) groups excluding carboxylic acids is 1. The predicted octanol–water partition coefficient (Wildman–Crippen LogP) is 3.96. The Bertz CT molecular complexity index is 920. The second-order valence-electron chi connectivity index (χ2n) is 8.31. The molecule has 0 aliphatic carbocycles. The van der Waals surface area contributed by atoms with Crippen molar-refractivity contribution in [2.75, 3.05) is 13.1 Å². The van der Waals surface area contributed by atoms with E-state index in [9.17, 15) is 4.79 Å². The minimum atomic E-state index is -0.698. The number of hydrogen-bond donors (Lipinski definition) is 2. The quantitative estimate of drug-likeness (QED) is 0.563. The standard InChI is InChI=1S/C26H29N3O.ClH/c1-20(17-21-11-5-2-6-12-21)28-26(25(27)30)18-29(19-26)24(22-13-7-3-8-14-22)23-15-9-4-10-16-23;/h2-16,20,24,28H,17-19H2,1H3,(H2,27,30);1H. The average Bonchev–Trinajstić information content (AvgIpc) is 2.74. The number of nitrogens with zero attached hydrogens (tertiary/aromatic N) is 1. The third kappa shape index (κ3) is 5.16. The summed E-state index contributed by atoms with van der Waals surface area (Å²) in [7, 11) is 0. The van der Waals surface area contributed by atoms with E-state index in [1.54, 1.807) is 0 Å². The van der Waals surface area contributed by atoms with Gasteiger partial charge in [-0.1, -0.05) is 91.0 Å². The number of nitrogens with one attached hydrogen (secondary N) is 1. The fraction of sp³-hybridized carbons (Fsp3) is 0.269. The number of likely N-dealkylation sites (tertiary alicyclic amines) is 1. The van der Waals surface area contributed by atoms with Crippen molar-refractivity contribution in [2.45, 2.75) is 31.0 Å². The van der Waals surface area contributed by atoms with E-state index < -0.39 is 5.54 Å². The fourth-order valence-electron chi connectivity index (χ4n) is 4.52. The van der Waals surface area contributed by atoms with Gasteiger partial charge in [0.1, 0.15) is 5.54 Å². The molecule has 4 nitrogen and oxygen atoms in total. The van der Waals surface area contributed by atoms with Gasteiger partial charge in [-0.2, -0.15) is 0 Å². The molecule has 31 heavy (non-hydrogen) atoms. The van der Waals surface area contributed by atoms with Crippen LogP contribution in [0.25, 0.3) is 0 Å². The van der Waals surface area contributed by atoms with Gasteiger partial charge in [0.15, 0.2) is 0 Å². The summed E-state index contributed by atoms with van der Waals surface area (Å²) in [6, 6.07) is 31.5. The molecule has 3 aromatic carbocycles. The van der Waals surface area contributed by atoms with E-state index in [2.05, 4.69) is 77.8 Å². The minimum Gasteiger partial charge on any atom is -0.368 e. The Kier molecular flexibility index (Phi) is 7.50. The maximum atomic E-state index is 12.5. The molecule has 1 aliphatic rings. The second kappa shape index (κ2) is 10.1. The summed E-state index contributed by atoms with van der Waals surface area (Å²) in [6.07, 6.45) is 0.858. The van der Waals surface area contributed by atoms with E-state index in [1.807, 2.05) is 30.3 Å². The number of primary amides is 1. The van der Waals surface area contributed by atoms with Gasteiger partial charge in [-0.05, 0) is 30.0 Å². The lowest BCUT2D eigenvalue weighted by atomic mass is 9.83. The molecule has 1 atom stereocenters. The summed E-state index contributed by atoms with van der Waals surface area (Å²) in [4.78, 5) is 14.8. The van der Waals surface area contributed by atoms with Crippen LogP contribution < -0.4 is 11.1 Å². The van der Waals surface area contributed by atoms with Crippen molar-refractivity contribution in [2.24, 2.45) is 5.73 Å². The zero-order valence-corrected chi connectivity index (χ0v) is 18.6. The first-order valence-electron chi connectivity index (χ1n) is 10.5. The van der Waals surface area contributed by atoms with Gasteiger partial charge in [-0.3, -0.25) is 15.0 Å². The van der Waals surface area contributed by atoms with Crippen LogP contribution >= 0.6 is 12.4 Å². The summed E-state index contributed by atoms with van der Waals surface area (Å²) in [5.41, 5.74) is 8.88. The summed E-state index contributed by atoms with van der Waals surface area (Å²) in [6.45, 7) is 3.30. The molecule has 0 bridgehead atoms. The molecule has 4 rings (SSSR count). The molecule has 0 radical (unpaired) electrons. The molecule has 1 fully saturated rings. The molecule has 3 N–H and O–H groups in total.